The molecule has 1 N–H and O–H groups in total. The highest BCUT2D eigenvalue weighted by Gasteiger charge is 2.19. The van der Waals surface area contributed by atoms with Crippen LogP contribution in [0.3, 0.4) is 0 Å². The summed E-state index contributed by atoms with van der Waals surface area (Å²) in [5, 5.41) is 15.6. The van der Waals surface area contributed by atoms with Crippen molar-refractivity contribution in [3.63, 3.8) is 0 Å². The summed E-state index contributed by atoms with van der Waals surface area (Å²) in [5.74, 6) is 0. The Bertz CT molecular complexity index is 619. The number of aliphatic hydroxyl groups excluding tert-OH is 1. The molecule has 0 bridgehead atoms. The van der Waals surface area contributed by atoms with Crippen molar-refractivity contribution < 1.29 is 5.11 Å². The zero-order valence-electron chi connectivity index (χ0n) is 12.4. The molecule has 0 spiro atoms. The molecule has 2 rings (SSSR count). The second-order valence-electron chi connectivity index (χ2n) is 5.19. The minimum atomic E-state index is -0.562. The Labute approximate surface area is 125 Å². The van der Waals surface area contributed by atoms with Gasteiger partial charge in [-0.25, -0.2) is 0 Å². The zero-order valence-corrected chi connectivity index (χ0v) is 13.2. The first kappa shape index (κ1) is 15.1. The quantitative estimate of drug-likeness (QED) is 0.936. The van der Waals surface area contributed by atoms with E-state index in [2.05, 4.69) is 18.1 Å². The number of benzene rings is 1. The van der Waals surface area contributed by atoms with Gasteiger partial charge in [-0.2, -0.15) is 5.10 Å². The van der Waals surface area contributed by atoms with Crippen LogP contribution in [0.1, 0.15) is 41.1 Å². The minimum absolute atomic E-state index is 0.479. The predicted octanol–water partition coefficient (Wildman–Crippen LogP) is 3.53. The lowest BCUT2D eigenvalue weighted by Gasteiger charge is -2.15. The normalized spacial score (nSPS) is 12.7. The van der Waals surface area contributed by atoms with Crippen LogP contribution in [-0.2, 0) is 19.9 Å². The fourth-order valence-corrected chi connectivity index (χ4v) is 2.84. The van der Waals surface area contributed by atoms with E-state index < -0.39 is 6.10 Å². The monoisotopic (exact) mass is 292 g/mol. The van der Waals surface area contributed by atoms with Crippen LogP contribution < -0.4 is 0 Å². The van der Waals surface area contributed by atoms with Gasteiger partial charge in [0.15, 0.2) is 0 Å². The minimum Gasteiger partial charge on any atom is -0.388 e. The summed E-state index contributed by atoms with van der Waals surface area (Å²) >= 11 is 6.34. The van der Waals surface area contributed by atoms with Gasteiger partial charge in [-0.3, -0.25) is 4.68 Å². The summed E-state index contributed by atoms with van der Waals surface area (Å²) in [6.45, 7) is 6.12. The second kappa shape index (κ2) is 5.98. The Morgan fingerprint density at radius 1 is 1.35 bits per heavy atom. The van der Waals surface area contributed by atoms with Crippen molar-refractivity contribution >= 4 is 11.6 Å². The van der Waals surface area contributed by atoms with Crippen LogP contribution in [0.5, 0.6) is 0 Å². The number of aryl methyl sites for hydroxylation is 3. The van der Waals surface area contributed by atoms with Crippen molar-refractivity contribution in [2.75, 3.05) is 0 Å². The van der Waals surface area contributed by atoms with Crippen LogP contribution in [0.25, 0.3) is 0 Å². The zero-order chi connectivity index (χ0) is 14.9. The maximum Gasteiger partial charge on any atom is 0.0850 e. The molecular weight excluding hydrogens is 272 g/mol. The second-order valence-corrected chi connectivity index (χ2v) is 5.57. The van der Waals surface area contributed by atoms with E-state index >= 15 is 0 Å². The number of nitrogens with zero attached hydrogens (tertiary/aromatic N) is 2. The number of hydrogen-bond donors (Lipinski definition) is 1. The van der Waals surface area contributed by atoms with E-state index in [1.165, 1.54) is 5.56 Å². The van der Waals surface area contributed by atoms with E-state index in [9.17, 15) is 5.11 Å². The van der Waals surface area contributed by atoms with Crippen molar-refractivity contribution in [3.8, 4) is 0 Å². The fourth-order valence-electron chi connectivity index (χ4n) is 2.47. The van der Waals surface area contributed by atoms with Gasteiger partial charge in [0, 0.05) is 13.5 Å². The summed E-state index contributed by atoms with van der Waals surface area (Å²) < 4.78 is 1.77. The highest BCUT2D eigenvalue weighted by atomic mass is 35.5. The highest BCUT2D eigenvalue weighted by molar-refractivity contribution is 6.31. The van der Waals surface area contributed by atoms with Crippen molar-refractivity contribution in [2.24, 2.45) is 7.05 Å². The van der Waals surface area contributed by atoms with Gasteiger partial charge in [0.2, 0.25) is 0 Å². The first-order valence-electron chi connectivity index (χ1n) is 6.90. The molecule has 0 aliphatic rings. The van der Waals surface area contributed by atoms with E-state index in [1.54, 1.807) is 4.68 Å². The van der Waals surface area contributed by atoms with Crippen LogP contribution in [0.4, 0.5) is 0 Å². The maximum absolute atomic E-state index is 10.5. The Balaban J connectivity index is 2.30. The maximum atomic E-state index is 10.5. The third kappa shape index (κ3) is 2.74. The Morgan fingerprint density at radius 3 is 2.65 bits per heavy atom. The predicted molar refractivity (Wildman–Crippen MR) is 82.2 cm³/mol. The van der Waals surface area contributed by atoms with Gasteiger partial charge in [0.05, 0.1) is 22.5 Å². The van der Waals surface area contributed by atoms with Crippen LogP contribution in [-0.4, -0.2) is 14.9 Å². The third-order valence-corrected chi connectivity index (χ3v) is 4.33. The summed E-state index contributed by atoms with van der Waals surface area (Å²) in [7, 11) is 1.87. The molecule has 4 heteroatoms. The Hall–Kier alpha value is -1.32. The Morgan fingerprint density at radius 2 is 2.05 bits per heavy atom. The lowest BCUT2D eigenvalue weighted by Crippen LogP contribution is -2.08. The van der Waals surface area contributed by atoms with Gasteiger partial charge in [-0.15, -0.1) is 0 Å². The van der Waals surface area contributed by atoms with Gasteiger partial charge < -0.3 is 5.11 Å². The van der Waals surface area contributed by atoms with Crippen molar-refractivity contribution in [1.82, 2.24) is 9.78 Å². The van der Waals surface area contributed by atoms with Crippen molar-refractivity contribution in [2.45, 2.75) is 39.7 Å². The molecule has 0 saturated heterocycles. The molecule has 0 aliphatic heterocycles. The van der Waals surface area contributed by atoms with E-state index in [1.807, 2.05) is 33.0 Å². The molecule has 0 saturated carbocycles. The molecule has 1 unspecified atom stereocenters. The topological polar surface area (TPSA) is 38.0 Å². The SMILES string of the molecule is CCc1nn(C)c(CC(O)c2cccc(C)c2C)c1Cl. The largest absolute Gasteiger partial charge is 0.388 e. The molecule has 1 aromatic carbocycles. The molecule has 1 atom stereocenters. The molecule has 0 aliphatic carbocycles. The van der Waals surface area contributed by atoms with Crippen LogP contribution in [0, 0.1) is 13.8 Å². The molecule has 0 radical (unpaired) electrons. The van der Waals surface area contributed by atoms with Crippen molar-refractivity contribution in [3.05, 3.63) is 51.3 Å². The van der Waals surface area contributed by atoms with Crippen LogP contribution >= 0.6 is 11.6 Å². The summed E-state index contributed by atoms with van der Waals surface area (Å²) in [5.41, 5.74) is 5.05. The summed E-state index contributed by atoms with van der Waals surface area (Å²) in [6.07, 6.45) is 0.714. The average Bonchev–Trinajstić information content (AvgIpc) is 2.69. The first-order valence-corrected chi connectivity index (χ1v) is 7.27. The molecule has 0 fully saturated rings. The number of hydrogen-bond acceptors (Lipinski definition) is 2. The lowest BCUT2D eigenvalue weighted by molar-refractivity contribution is 0.175. The number of aliphatic hydroxyl groups is 1. The van der Waals surface area contributed by atoms with Gasteiger partial charge in [0.1, 0.15) is 0 Å². The molecule has 20 heavy (non-hydrogen) atoms. The van der Waals surface area contributed by atoms with Gasteiger partial charge >= 0.3 is 0 Å². The van der Waals surface area contributed by atoms with Gasteiger partial charge in [-0.1, -0.05) is 36.7 Å². The lowest BCUT2D eigenvalue weighted by atomic mass is 9.96. The molecule has 2 aromatic rings. The molecule has 1 heterocycles. The highest BCUT2D eigenvalue weighted by Crippen LogP contribution is 2.28. The molecular formula is C16H21ClN2O. The van der Waals surface area contributed by atoms with E-state index in [0.717, 1.165) is 28.9 Å². The standard InChI is InChI=1S/C16H21ClN2O/c1-5-13-16(17)14(19(4)18-13)9-15(20)12-8-6-7-10(2)11(12)3/h6-8,15,20H,5,9H2,1-4H3. The van der Waals surface area contributed by atoms with E-state index in [-0.39, 0.29) is 0 Å². The van der Waals surface area contributed by atoms with Crippen LogP contribution in [0.2, 0.25) is 5.02 Å². The average molecular weight is 293 g/mol. The van der Waals surface area contributed by atoms with Crippen molar-refractivity contribution in [1.29, 1.82) is 0 Å². The van der Waals surface area contributed by atoms with Gasteiger partial charge in [0.25, 0.3) is 0 Å². The summed E-state index contributed by atoms with van der Waals surface area (Å²) in [4.78, 5) is 0. The summed E-state index contributed by atoms with van der Waals surface area (Å²) in [6, 6.07) is 6.00. The molecule has 0 amide bonds. The number of rotatable bonds is 4. The number of aromatic nitrogens is 2. The van der Waals surface area contributed by atoms with E-state index in [4.69, 9.17) is 11.6 Å². The van der Waals surface area contributed by atoms with Gasteiger partial charge in [-0.05, 0) is 37.0 Å². The molecule has 108 valence electrons. The first-order chi connectivity index (χ1) is 9.45. The smallest absolute Gasteiger partial charge is 0.0850 e. The van der Waals surface area contributed by atoms with Crippen LogP contribution in [0.15, 0.2) is 18.2 Å². The number of halogens is 1. The third-order valence-electron chi connectivity index (χ3n) is 3.90. The molecule has 1 aromatic heterocycles. The molecule has 3 nitrogen and oxygen atoms in total. The Kier molecular flexibility index (Phi) is 4.51. The fraction of sp³-hybridized carbons (Fsp3) is 0.438. The van der Waals surface area contributed by atoms with E-state index in [0.29, 0.717) is 11.4 Å².